The van der Waals surface area contributed by atoms with Crippen molar-refractivity contribution in [3.63, 3.8) is 0 Å². The minimum Gasteiger partial charge on any atom is -0.354 e. The highest BCUT2D eigenvalue weighted by Crippen LogP contribution is 2.27. The molecule has 1 saturated heterocycles. The maximum absolute atomic E-state index is 12.0. The van der Waals surface area contributed by atoms with Crippen LogP contribution in [0.1, 0.15) is 19.8 Å². The normalized spacial score (nSPS) is 25.8. The third kappa shape index (κ3) is 3.19. The number of carbonyl (C=O) groups excluding carboxylic acids is 2. The monoisotopic (exact) mass is 239 g/mol. The number of amides is 2. The molecule has 1 aliphatic carbocycles. The Morgan fingerprint density at radius 1 is 1.29 bits per heavy atom. The maximum Gasteiger partial charge on any atom is 0.239 e. The Balaban J connectivity index is 1.86. The van der Waals surface area contributed by atoms with Gasteiger partial charge in [-0.15, -0.1) is 0 Å². The van der Waals surface area contributed by atoms with Gasteiger partial charge in [0.1, 0.15) is 6.04 Å². The molecule has 0 bridgehead atoms. The summed E-state index contributed by atoms with van der Waals surface area (Å²) in [5.41, 5.74) is 0. The largest absolute Gasteiger partial charge is 0.354 e. The molecule has 2 amide bonds. The van der Waals surface area contributed by atoms with Crippen molar-refractivity contribution >= 4 is 11.8 Å². The van der Waals surface area contributed by atoms with Crippen molar-refractivity contribution in [3.05, 3.63) is 0 Å². The predicted molar refractivity (Wildman–Crippen MR) is 64.4 cm³/mol. The number of hydrogen-bond acceptors (Lipinski definition) is 3. The van der Waals surface area contributed by atoms with Crippen LogP contribution in [0, 0.1) is 5.92 Å². The minimum absolute atomic E-state index is 0.0538. The number of carbonyl (C=O) groups is 2. The van der Waals surface area contributed by atoms with E-state index in [1.165, 1.54) is 12.8 Å². The quantitative estimate of drug-likeness (QED) is 0.734. The molecule has 0 aromatic carbocycles. The van der Waals surface area contributed by atoms with Gasteiger partial charge in [0.15, 0.2) is 0 Å². The molecule has 17 heavy (non-hydrogen) atoms. The molecule has 0 radical (unpaired) electrons. The van der Waals surface area contributed by atoms with Gasteiger partial charge in [-0.25, -0.2) is 0 Å². The highest BCUT2D eigenvalue weighted by Gasteiger charge is 2.32. The summed E-state index contributed by atoms with van der Waals surface area (Å²) in [6, 6.07) is -0.189. The molecular weight excluding hydrogens is 218 g/mol. The van der Waals surface area contributed by atoms with Crippen molar-refractivity contribution in [1.29, 1.82) is 0 Å². The topological polar surface area (TPSA) is 52.7 Å². The van der Waals surface area contributed by atoms with Crippen LogP contribution in [0.2, 0.25) is 0 Å². The molecule has 1 saturated carbocycles. The number of nitrogens with zero attached hydrogens (tertiary/aromatic N) is 2. The average molecular weight is 239 g/mol. The van der Waals surface area contributed by atoms with Crippen LogP contribution in [0.25, 0.3) is 0 Å². The summed E-state index contributed by atoms with van der Waals surface area (Å²) < 4.78 is 0. The van der Waals surface area contributed by atoms with E-state index in [2.05, 4.69) is 5.32 Å². The summed E-state index contributed by atoms with van der Waals surface area (Å²) in [5.74, 6) is 0.806. The van der Waals surface area contributed by atoms with Gasteiger partial charge in [0.2, 0.25) is 11.8 Å². The molecule has 1 aliphatic heterocycles. The number of rotatable bonds is 3. The van der Waals surface area contributed by atoms with Crippen molar-refractivity contribution in [2.75, 3.05) is 33.2 Å². The Kier molecular flexibility index (Phi) is 3.66. The maximum atomic E-state index is 12.0. The van der Waals surface area contributed by atoms with E-state index in [1.807, 2.05) is 11.9 Å². The molecule has 1 unspecified atom stereocenters. The molecule has 2 rings (SSSR count). The van der Waals surface area contributed by atoms with Gasteiger partial charge in [0, 0.05) is 33.1 Å². The highest BCUT2D eigenvalue weighted by molar-refractivity contribution is 5.83. The molecule has 0 aromatic rings. The second-order valence-corrected chi connectivity index (χ2v) is 5.15. The van der Waals surface area contributed by atoms with Gasteiger partial charge in [-0.3, -0.25) is 14.5 Å². The first-order valence-electron chi connectivity index (χ1n) is 6.31. The van der Waals surface area contributed by atoms with E-state index < -0.39 is 0 Å². The standard InChI is InChI=1S/C12H21N3O2/c1-9(16)15-6-5-14(2)11(8-15)12(17)13-7-10-3-4-10/h10-11H,3-8H2,1-2H3,(H,13,17). The highest BCUT2D eigenvalue weighted by atomic mass is 16.2. The lowest BCUT2D eigenvalue weighted by Crippen LogP contribution is -2.58. The van der Waals surface area contributed by atoms with Gasteiger partial charge >= 0.3 is 0 Å². The van der Waals surface area contributed by atoms with E-state index in [-0.39, 0.29) is 17.9 Å². The van der Waals surface area contributed by atoms with Crippen molar-refractivity contribution in [1.82, 2.24) is 15.1 Å². The summed E-state index contributed by atoms with van der Waals surface area (Å²) in [5, 5.41) is 2.99. The van der Waals surface area contributed by atoms with Gasteiger partial charge in [-0.1, -0.05) is 0 Å². The van der Waals surface area contributed by atoms with Crippen LogP contribution in [0.5, 0.6) is 0 Å². The molecule has 2 aliphatic rings. The fourth-order valence-electron chi connectivity index (χ4n) is 2.13. The lowest BCUT2D eigenvalue weighted by atomic mass is 10.1. The Hall–Kier alpha value is -1.10. The third-order valence-electron chi connectivity index (χ3n) is 3.66. The van der Waals surface area contributed by atoms with Gasteiger partial charge < -0.3 is 10.2 Å². The van der Waals surface area contributed by atoms with Gasteiger partial charge in [0.05, 0.1) is 0 Å². The first-order chi connectivity index (χ1) is 8.08. The lowest BCUT2D eigenvalue weighted by Gasteiger charge is -2.38. The van der Waals surface area contributed by atoms with E-state index in [0.717, 1.165) is 19.6 Å². The second kappa shape index (κ2) is 5.04. The zero-order valence-corrected chi connectivity index (χ0v) is 10.6. The van der Waals surface area contributed by atoms with E-state index in [4.69, 9.17) is 0 Å². The van der Waals surface area contributed by atoms with E-state index in [9.17, 15) is 9.59 Å². The molecule has 96 valence electrons. The van der Waals surface area contributed by atoms with Crippen molar-refractivity contribution in [3.8, 4) is 0 Å². The third-order valence-corrected chi connectivity index (χ3v) is 3.66. The average Bonchev–Trinajstić information content (AvgIpc) is 3.10. The van der Waals surface area contributed by atoms with Gasteiger partial charge in [-0.2, -0.15) is 0 Å². The summed E-state index contributed by atoms with van der Waals surface area (Å²) >= 11 is 0. The fourth-order valence-corrected chi connectivity index (χ4v) is 2.13. The SMILES string of the molecule is CC(=O)N1CCN(C)C(C(=O)NCC2CC2)C1. The van der Waals surface area contributed by atoms with Gasteiger partial charge in [-0.05, 0) is 25.8 Å². The first kappa shape index (κ1) is 12.4. The first-order valence-corrected chi connectivity index (χ1v) is 6.31. The zero-order chi connectivity index (χ0) is 12.4. The van der Waals surface area contributed by atoms with Crippen molar-refractivity contribution in [2.24, 2.45) is 5.92 Å². The Morgan fingerprint density at radius 3 is 2.59 bits per heavy atom. The van der Waals surface area contributed by atoms with Crippen LogP contribution in [0.15, 0.2) is 0 Å². The van der Waals surface area contributed by atoms with E-state index in [1.54, 1.807) is 11.8 Å². The summed E-state index contributed by atoms with van der Waals surface area (Å²) in [6.45, 7) is 4.36. The van der Waals surface area contributed by atoms with Crippen LogP contribution >= 0.6 is 0 Å². The van der Waals surface area contributed by atoms with Gasteiger partial charge in [0.25, 0.3) is 0 Å². The molecule has 1 N–H and O–H groups in total. The van der Waals surface area contributed by atoms with Crippen LogP contribution in [0.4, 0.5) is 0 Å². The number of hydrogen-bond donors (Lipinski definition) is 1. The number of nitrogens with one attached hydrogen (secondary N) is 1. The van der Waals surface area contributed by atoms with Crippen LogP contribution in [-0.2, 0) is 9.59 Å². The molecule has 2 fully saturated rings. The Morgan fingerprint density at radius 2 is 2.00 bits per heavy atom. The fraction of sp³-hybridized carbons (Fsp3) is 0.833. The molecule has 1 heterocycles. The Labute approximate surface area is 102 Å². The predicted octanol–water partition coefficient (Wildman–Crippen LogP) is -0.325. The minimum atomic E-state index is -0.189. The van der Waals surface area contributed by atoms with Crippen LogP contribution in [-0.4, -0.2) is 60.9 Å². The van der Waals surface area contributed by atoms with Crippen LogP contribution < -0.4 is 5.32 Å². The number of piperazine rings is 1. The Bertz CT molecular complexity index is 315. The summed E-state index contributed by atoms with van der Waals surface area (Å²) in [4.78, 5) is 27.1. The zero-order valence-electron chi connectivity index (χ0n) is 10.6. The molecular formula is C12H21N3O2. The molecule has 5 nitrogen and oxygen atoms in total. The van der Waals surface area contributed by atoms with Crippen molar-refractivity contribution in [2.45, 2.75) is 25.8 Å². The lowest BCUT2D eigenvalue weighted by molar-refractivity contribution is -0.135. The van der Waals surface area contributed by atoms with Crippen molar-refractivity contribution < 1.29 is 9.59 Å². The van der Waals surface area contributed by atoms with E-state index in [0.29, 0.717) is 12.5 Å². The number of likely N-dealkylation sites (N-methyl/N-ethyl adjacent to an activating group) is 1. The van der Waals surface area contributed by atoms with Crippen LogP contribution in [0.3, 0.4) is 0 Å². The molecule has 5 heteroatoms. The molecule has 1 atom stereocenters. The van der Waals surface area contributed by atoms with E-state index >= 15 is 0 Å². The summed E-state index contributed by atoms with van der Waals surface area (Å²) in [6.07, 6.45) is 2.47. The second-order valence-electron chi connectivity index (χ2n) is 5.15. The molecule has 0 spiro atoms. The smallest absolute Gasteiger partial charge is 0.239 e. The molecule has 0 aromatic heterocycles. The summed E-state index contributed by atoms with van der Waals surface area (Å²) in [7, 11) is 1.94.